The standard InChI is InChI=1S/C20H14Cl2FN5O2S/c21-11-1-6-14(15(22)9-11)16-10-31-20-26-19(27-28(16)20)25-18(30)8-7-17(29)24-13-4-2-12(23)3-5-13/h1-6,9-10H,7-8H2,(H,24,29)(H,25,27,30). The van der Waals surface area contributed by atoms with Crippen molar-refractivity contribution in [2.45, 2.75) is 12.8 Å². The van der Waals surface area contributed by atoms with Crippen LogP contribution in [0.15, 0.2) is 47.8 Å². The molecular weight excluding hydrogens is 464 g/mol. The molecule has 0 fully saturated rings. The number of hydrogen-bond acceptors (Lipinski definition) is 5. The summed E-state index contributed by atoms with van der Waals surface area (Å²) in [5.41, 5.74) is 1.90. The molecule has 158 valence electrons. The Balaban J connectivity index is 1.38. The average molecular weight is 478 g/mol. The first-order valence-electron chi connectivity index (χ1n) is 9.04. The van der Waals surface area contributed by atoms with Crippen LogP contribution < -0.4 is 10.6 Å². The van der Waals surface area contributed by atoms with Crippen molar-refractivity contribution < 1.29 is 14.0 Å². The third-order valence-electron chi connectivity index (χ3n) is 4.25. The van der Waals surface area contributed by atoms with Crippen molar-refractivity contribution in [2.24, 2.45) is 0 Å². The predicted molar refractivity (Wildman–Crippen MR) is 119 cm³/mol. The Kier molecular flexibility index (Phi) is 6.17. The van der Waals surface area contributed by atoms with Gasteiger partial charge in [0, 0.05) is 34.5 Å². The van der Waals surface area contributed by atoms with E-state index in [0.29, 0.717) is 26.4 Å². The molecule has 0 unspecified atom stereocenters. The first kappa shape index (κ1) is 21.2. The molecule has 0 bridgehead atoms. The first-order valence-corrected chi connectivity index (χ1v) is 10.7. The van der Waals surface area contributed by atoms with Gasteiger partial charge in [-0.2, -0.15) is 4.98 Å². The average Bonchev–Trinajstić information content (AvgIpc) is 3.29. The molecule has 4 rings (SSSR count). The third-order valence-corrected chi connectivity index (χ3v) is 5.61. The molecule has 2 heterocycles. The number of nitrogens with one attached hydrogen (secondary N) is 2. The van der Waals surface area contributed by atoms with Gasteiger partial charge in [-0.15, -0.1) is 16.4 Å². The van der Waals surface area contributed by atoms with E-state index in [4.69, 9.17) is 23.2 Å². The van der Waals surface area contributed by atoms with Crippen LogP contribution in [0.25, 0.3) is 16.2 Å². The SMILES string of the molecule is O=C(CCC(=O)Nc1nc2scc(-c3ccc(Cl)cc3Cl)n2n1)Nc1ccc(F)cc1. The molecule has 4 aromatic rings. The van der Waals surface area contributed by atoms with E-state index < -0.39 is 11.7 Å². The highest BCUT2D eigenvalue weighted by Gasteiger charge is 2.16. The predicted octanol–water partition coefficient (Wildman–Crippen LogP) is 5.26. The summed E-state index contributed by atoms with van der Waals surface area (Å²) in [5.74, 6) is -1.03. The molecule has 2 aromatic heterocycles. The van der Waals surface area contributed by atoms with Crippen molar-refractivity contribution in [3.05, 3.63) is 63.7 Å². The Morgan fingerprint density at radius 1 is 1.03 bits per heavy atom. The van der Waals surface area contributed by atoms with E-state index in [2.05, 4.69) is 20.7 Å². The van der Waals surface area contributed by atoms with Gasteiger partial charge < -0.3 is 5.32 Å². The molecule has 31 heavy (non-hydrogen) atoms. The minimum absolute atomic E-state index is 0.0446. The summed E-state index contributed by atoms with van der Waals surface area (Å²) >= 11 is 13.6. The second-order valence-electron chi connectivity index (χ2n) is 6.48. The Labute approximate surface area is 189 Å². The number of halogens is 3. The van der Waals surface area contributed by atoms with E-state index in [1.165, 1.54) is 35.6 Å². The molecule has 7 nitrogen and oxygen atoms in total. The third kappa shape index (κ3) is 5.01. The van der Waals surface area contributed by atoms with Gasteiger partial charge >= 0.3 is 0 Å². The topological polar surface area (TPSA) is 88.4 Å². The maximum Gasteiger partial charge on any atom is 0.250 e. The highest BCUT2D eigenvalue weighted by atomic mass is 35.5. The lowest BCUT2D eigenvalue weighted by Gasteiger charge is -2.05. The van der Waals surface area contributed by atoms with Crippen LogP contribution in [-0.2, 0) is 9.59 Å². The number of anilines is 2. The number of carbonyl (C=O) groups excluding carboxylic acids is 2. The summed E-state index contributed by atoms with van der Waals surface area (Å²) in [5, 5.41) is 12.4. The molecule has 0 aliphatic rings. The fourth-order valence-corrected chi connectivity index (χ4v) is 4.12. The normalized spacial score (nSPS) is 10.9. The summed E-state index contributed by atoms with van der Waals surface area (Å²) in [6, 6.07) is 10.5. The summed E-state index contributed by atoms with van der Waals surface area (Å²) in [6.45, 7) is 0. The number of nitrogens with zero attached hydrogens (tertiary/aromatic N) is 3. The Morgan fingerprint density at radius 2 is 1.74 bits per heavy atom. The lowest BCUT2D eigenvalue weighted by atomic mass is 10.2. The van der Waals surface area contributed by atoms with Crippen molar-refractivity contribution in [1.29, 1.82) is 0 Å². The lowest BCUT2D eigenvalue weighted by molar-refractivity contribution is -0.121. The second kappa shape index (κ2) is 9.01. The zero-order valence-corrected chi connectivity index (χ0v) is 18.1. The van der Waals surface area contributed by atoms with E-state index in [-0.39, 0.29) is 24.7 Å². The maximum absolute atomic E-state index is 12.9. The van der Waals surface area contributed by atoms with Gasteiger partial charge in [0.15, 0.2) is 0 Å². The van der Waals surface area contributed by atoms with Crippen molar-refractivity contribution in [1.82, 2.24) is 14.6 Å². The highest BCUT2D eigenvalue weighted by Crippen LogP contribution is 2.33. The summed E-state index contributed by atoms with van der Waals surface area (Å²) in [7, 11) is 0. The van der Waals surface area contributed by atoms with E-state index >= 15 is 0 Å². The number of fused-ring (bicyclic) bond motifs is 1. The Hall–Kier alpha value is -3.01. The minimum Gasteiger partial charge on any atom is -0.326 e. The van der Waals surface area contributed by atoms with Crippen molar-refractivity contribution in [3.8, 4) is 11.3 Å². The van der Waals surface area contributed by atoms with Crippen LogP contribution in [0.4, 0.5) is 16.0 Å². The Morgan fingerprint density at radius 3 is 2.45 bits per heavy atom. The molecule has 2 N–H and O–H groups in total. The van der Waals surface area contributed by atoms with Gasteiger partial charge in [-0.3, -0.25) is 14.9 Å². The van der Waals surface area contributed by atoms with Crippen LogP contribution >= 0.6 is 34.5 Å². The van der Waals surface area contributed by atoms with Crippen LogP contribution in [0, 0.1) is 5.82 Å². The van der Waals surface area contributed by atoms with Gasteiger partial charge in [0.2, 0.25) is 22.7 Å². The zero-order chi connectivity index (χ0) is 22.0. The monoisotopic (exact) mass is 477 g/mol. The van der Waals surface area contributed by atoms with E-state index in [9.17, 15) is 14.0 Å². The van der Waals surface area contributed by atoms with Crippen LogP contribution in [0.1, 0.15) is 12.8 Å². The number of carbonyl (C=O) groups is 2. The molecule has 0 saturated heterocycles. The lowest BCUT2D eigenvalue weighted by Crippen LogP contribution is -2.18. The van der Waals surface area contributed by atoms with Crippen molar-refractivity contribution in [2.75, 3.05) is 10.6 Å². The van der Waals surface area contributed by atoms with E-state index in [0.717, 1.165) is 5.56 Å². The number of benzene rings is 2. The van der Waals surface area contributed by atoms with Gasteiger partial charge in [0.25, 0.3) is 0 Å². The van der Waals surface area contributed by atoms with Crippen LogP contribution in [-0.4, -0.2) is 26.4 Å². The maximum atomic E-state index is 12.9. The van der Waals surface area contributed by atoms with E-state index in [1.807, 2.05) is 5.38 Å². The summed E-state index contributed by atoms with van der Waals surface area (Å²) in [4.78, 5) is 29.0. The van der Waals surface area contributed by atoms with E-state index in [1.54, 1.807) is 22.7 Å². The molecule has 0 atom stereocenters. The van der Waals surface area contributed by atoms with Gasteiger partial charge in [0.1, 0.15) is 5.82 Å². The molecule has 0 saturated carbocycles. The number of thiazole rings is 1. The highest BCUT2D eigenvalue weighted by molar-refractivity contribution is 7.15. The quantitative estimate of drug-likeness (QED) is 0.396. The number of amides is 2. The van der Waals surface area contributed by atoms with Gasteiger partial charge in [0.05, 0.1) is 10.7 Å². The second-order valence-corrected chi connectivity index (χ2v) is 8.16. The Bertz CT molecular complexity index is 1270. The molecule has 2 amide bonds. The fourth-order valence-electron chi connectivity index (χ4n) is 2.79. The first-order chi connectivity index (χ1) is 14.9. The molecule has 0 spiro atoms. The summed E-state index contributed by atoms with van der Waals surface area (Å²) < 4.78 is 14.5. The fraction of sp³-hybridized carbons (Fsp3) is 0.100. The molecule has 0 aliphatic carbocycles. The van der Waals surface area contributed by atoms with Crippen LogP contribution in [0.2, 0.25) is 10.0 Å². The van der Waals surface area contributed by atoms with Gasteiger partial charge in [-0.1, -0.05) is 23.2 Å². The molecule has 11 heteroatoms. The molecule has 0 aliphatic heterocycles. The van der Waals surface area contributed by atoms with Crippen LogP contribution in [0.5, 0.6) is 0 Å². The number of aromatic nitrogens is 3. The van der Waals surface area contributed by atoms with Gasteiger partial charge in [-0.05, 0) is 42.5 Å². The molecular formula is C20H14Cl2FN5O2S. The largest absolute Gasteiger partial charge is 0.326 e. The summed E-state index contributed by atoms with van der Waals surface area (Å²) in [6.07, 6.45) is -0.104. The molecule has 0 radical (unpaired) electrons. The number of hydrogen-bond donors (Lipinski definition) is 2. The zero-order valence-electron chi connectivity index (χ0n) is 15.7. The molecule has 2 aromatic carbocycles. The van der Waals surface area contributed by atoms with Gasteiger partial charge in [-0.25, -0.2) is 8.91 Å². The van der Waals surface area contributed by atoms with Crippen molar-refractivity contribution in [3.63, 3.8) is 0 Å². The van der Waals surface area contributed by atoms with Crippen molar-refractivity contribution >= 4 is 62.9 Å². The smallest absolute Gasteiger partial charge is 0.250 e. The number of rotatable bonds is 6. The minimum atomic E-state index is -0.404. The van der Waals surface area contributed by atoms with Crippen LogP contribution in [0.3, 0.4) is 0 Å².